The third-order valence-electron chi connectivity index (χ3n) is 2.76. The molecule has 2 N–H and O–H groups in total. The molecule has 98 valence electrons. The molecule has 2 aromatic carbocycles. The summed E-state index contributed by atoms with van der Waals surface area (Å²) in [7, 11) is 0. The van der Waals surface area contributed by atoms with Crippen LogP contribution in [0, 0.1) is 13.8 Å². The van der Waals surface area contributed by atoms with Crippen molar-refractivity contribution >= 4 is 28.8 Å². The van der Waals surface area contributed by atoms with Crippen LogP contribution in [0.15, 0.2) is 36.4 Å². The Morgan fingerprint density at radius 3 is 2.47 bits per heavy atom. The van der Waals surface area contributed by atoms with Crippen LogP contribution in [0.2, 0.25) is 5.02 Å². The molecule has 0 spiro atoms. The number of hydrogen-bond acceptors (Lipinski definition) is 2. The van der Waals surface area contributed by atoms with Gasteiger partial charge in [-0.05, 0) is 37.6 Å². The number of thiocarbonyl (C=S) groups is 1. The second kappa shape index (κ2) is 5.59. The molecule has 0 bridgehead atoms. The molecule has 0 aliphatic rings. The van der Waals surface area contributed by atoms with Gasteiger partial charge in [0.1, 0.15) is 16.5 Å². The van der Waals surface area contributed by atoms with Crippen molar-refractivity contribution in [3.05, 3.63) is 58.1 Å². The van der Waals surface area contributed by atoms with E-state index in [1.807, 2.05) is 26.0 Å². The molecule has 19 heavy (non-hydrogen) atoms. The van der Waals surface area contributed by atoms with Gasteiger partial charge in [0, 0.05) is 11.6 Å². The summed E-state index contributed by atoms with van der Waals surface area (Å²) in [5.41, 5.74) is 8.50. The van der Waals surface area contributed by atoms with Gasteiger partial charge in [-0.2, -0.15) is 0 Å². The first kappa shape index (κ1) is 13.8. The van der Waals surface area contributed by atoms with Crippen LogP contribution in [-0.4, -0.2) is 4.99 Å². The average Bonchev–Trinajstić information content (AvgIpc) is 2.32. The smallest absolute Gasteiger partial charge is 0.130 e. The van der Waals surface area contributed by atoms with E-state index in [0.29, 0.717) is 16.3 Å². The zero-order valence-electron chi connectivity index (χ0n) is 10.7. The summed E-state index contributed by atoms with van der Waals surface area (Å²) in [6.45, 7) is 4.05. The van der Waals surface area contributed by atoms with Crippen molar-refractivity contribution in [1.29, 1.82) is 0 Å². The molecule has 0 amide bonds. The Kier molecular flexibility index (Phi) is 4.08. The number of rotatable bonds is 3. The molecule has 0 aromatic heterocycles. The van der Waals surface area contributed by atoms with E-state index in [0.717, 1.165) is 11.3 Å². The quantitative estimate of drug-likeness (QED) is 0.852. The van der Waals surface area contributed by atoms with Crippen LogP contribution >= 0.6 is 23.8 Å². The molecule has 0 aliphatic heterocycles. The van der Waals surface area contributed by atoms with Crippen LogP contribution < -0.4 is 10.5 Å². The fourth-order valence-corrected chi connectivity index (χ4v) is 2.31. The molecule has 2 rings (SSSR count). The monoisotopic (exact) mass is 291 g/mol. The summed E-state index contributed by atoms with van der Waals surface area (Å²) in [5.74, 6) is 1.47. The standard InChI is InChI=1S/C15H14ClNOS/c1-9-3-6-14(10(2)7-9)18-11-4-5-12(15(17)19)13(16)8-11/h3-8H,1-2H3,(H2,17,19). The first-order chi connectivity index (χ1) is 8.97. The molecule has 0 saturated heterocycles. The maximum atomic E-state index is 6.11. The molecule has 0 radical (unpaired) electrons. The van der Waals surface area contributed by atoms with Crippen molar-refractivity contribution in [3.63, 3.8) is 0 Å². The van der Waals surface area contributed by atoms with Gasteiger partial charge < -0.3 is 10.5 Å². The molecule has 0 heterocycles. The van der Waals surface area contributed by atoms with Gasteiger partial charge in [0.2, 0.25) is 0 Å². The highest BCUT2D eigenvalue weighted by Gasteiger charge is 2.07. The number of aryl methyl sites for hydroxylation is 2. The van der Waals surface area contributed by atoms with E-state index < -0.39 is 0 Å². The summed E-state index contributed by atoms with van der Waals surface area (Å²) in [5, 5.41) is 0.495. The highest BCUT2D eigenvalue weighted by atomic mass is 35.5. The Morgan fingerprint density at radius 1 is 1.16 bits per heavy atom. The van der Waals surface area contributed by atoms with E-state index in [2.05, 4.69) is 6.07 Å². The number of hydrogen-bond donors (Lipinski definition) is 1. The molecule has 0 aliphatic carbocycles. The predicted octanol–water partition coefficient (Wildman–Crippen LogP) is 4.38. The lowest BCUT2D eigenvalue weighted by molar-refractivity contribution is 0.479. The van der Waals surface area contributed by atoms with Gasteiger partial charge in [-0.3, -0.25) is 0 Å². The minimum absolute atomic E-state index is 0.281. The fraction of sp³-hybridized carbons (Fsp3) is 0.133. The summed E-state index contributed by atoms with van der Waals surface area (Å²) >= 11 is 11.0. The highest BCUT2D eigenvalue weighted by Crippen LogP contribution is 2.29. The zero-order valence-corrected chi connectivity index (χ0v) is 12.3. The second-order valence-electron chi connectivity index (χ2n) is 4.38. The minimum Gasteiger partial charge on any atom is -0.457 e. The van der Waals surface area contributed by atoms with Crippen molar-refractivity contribution in [2.24, 2.45) is 5.73 Å². The van der Waals surface area contributed by atoms with Crippen LogP contribution in [-0.2, 0) is 0 Å². The normalized spacial score (nSPS) is 10.3. The van der Waals surface area contributed by atoms with Crippen molar-refractivity contribution in [3.8, 4) is 11.5 Å². The van der Waals surface area contributed by atoms with Gasteiger partial charge in [0.25, 0.3) is 0 Å². The van der Waals surface area contributed by atoms with Crippen molar-refractivity contribution in [2.45, 2.75) is 13.8 Å². The van der Waals surface area contributed by atoms with Gasteiger partial charge in [0.15, 0.2) is 0 Å². The van der Waals surface area contributed by atoms with E-state index in [1.54, 1.807) is 18.2 Å². The average molecular weight is 292 g/mol. The molecule has 4 heteroatoms. The first-order valence-corrected chi connectivity index (χ1v) is 6.60. The Balaban J connectivity index is 2.29. The van der Waals surface area contributed by atoms with Crippen LogP contribution in [0.3, 0.4) is 0 Å². The lowest BCUT2D eigenvalue weighted by Crippen LogP contribution is -2.09. The molecule has 0 unspecified atom stereocenters. The van der Waals surface area contributed by atoms with E-state index in [1.165, 1.54) is 5.56 Å². The van der Waals surface area contributed by atoms with Crippen LogP contribution in [0.4, 0.5) is 0 Å². The Bertz CT molecular complexity index is 640. The molecular formula is C15H14ClNOS. The van der Waals surface area contributed by atoms with E-state index in [9.17, 15) is 0 Å². The molecule has 2 nitrogen and oxygen atoms in total. The molecule has 0 atom stereocenters. The van der Waals surface area contributed by atoms with Crippen molar-refractivity contribution < 1.29 is 4.74 Å². The summed E-state index contributed by atoms with van der Waals surface area (Å²) in [6, 6.07) is 11.3. The Hall–Kier alpha value is -1.58. The lowest BCUT2D eigenvalue weighted by Gasteiger charge is -2.10. The van der Waals surface area contributed by atoms with E-state index in [4.69, 9.17) is 34.3 Å². The lowest BCUT2D eigenvalue weighted by atomic mass is 10.1. The summed E-state index contributed by atoms with van der Waals surface area (Å²) in [6.07, 6.45) is 0. The van der Waals surface area contributed by atoms with Crippen LogP contribution in [0.25, 0.3) is 0 Å². The van der Waals surface area contributed by atoms with Gasteiger partial charge >= 0.3 is 0 Å². The first-order valence-electron chi connectivity index (χ1n) is 5.82. The van der Waals surface area contributed by atoms with Crippen molar-refractivity contribution in [1.82, 2.24) is 0 Å². The van der Waals surface area contributed by atoms with Crippen molar-refractivity contribution in [2.75, 3.05) is 0 Å². The predicted molar refractivity (Wildman–Crippen MR) is 83.3 cm³/mol. The van der Waals surface area contributed by atoms with Crippen LogP contribution in [0.1, 0.15) is 16.7 Å². The molecular weight excluding hydrogens is 278 g/mol. The third-order valence-corrected chi connectivity index (χ3v) is 3.30. The second-order valence-corrected chi connectivity index (χ2v) is 5.22. The Labute approximate surface area is 123 Å². The number of ether oxygens (including phenoxy) is 1. The summed E-state index contributed by atoms with van der Waals surface area (Å²) in [4.78, 5) is 0.281. The van der Waals surface area contributed by atoms with Gasteiger partial charge in [0.05, 0.1) is 5.02 Å². The summed E-state index contributed by atoms with van der Waals surface area (Å²) < 4.78 is 5.81. The highest BCUT2D eigenvalue weighted by molar-refractivity contribution is 7.80. The van der Waals surface area contributed by atoms with Gasteiger partial charge in [-0.25, -0.2) is 0 Å². The zero-order chi connectivity index (χ0) is 14.0. The number of benzene rings is 2. The molecule has 0 fully saturated rings. The maximum Gasteiger partial charge on any atom is 0.130 e. The van der Waals surface area contributed by atoms with Gasteiger partial charge in [-0.15, -0.1) is 0 Å². The molecule has 0 saturated carbocycles. The topological polar surface area (TPSA) is 35.2 Å². The SMILES string of the molecule is Cc1ccc(Oc2ccc(C(N)=S)c(Cl)c2)c(C)c1. The minimum atomic E-state index is 0.281. The third kappa shape index (κ3) is 3.25. The number of nitrogens with two attached hydrogens (primary N) is 1. The maximum absolute atomic E-state index is 6.11. The fourth-order valence-electron chi connectivity index (χ4n) is 1.80. The Morgan fingerprint density at radius 2 is 1.89 bits per heavy atom. The van der Waals surface area contributed by atoms with Crippen LogP contribution in [0.5, 0.6) is 11.5 Å². The molecule has 2 aromatic rings. The van der Waals surface area contributed by atoms with E-state index in [-0.39, 0.29) is 4.99 Å². The largest absolute Gasteiger partial charge is 0.457 e. The van der Waals surface area contributed by atoms with E-state index >= 15 is 0 Å². The number of halogens is 1. The van der Waals surface area contributed by atoms with Gasteiger partial charge in [-0.1, -0.05) is 41.5 Å².